The lowest BCUT2D eigenvalue weighted by Gasteiger charge is -2.05. The van der Waals surface area contributed by atoms with E-state index in [1.54, 1.807) is 22.7 Å². The maximum Gasteiger partial charge on any atom is 0.270 e. The molecule has 0 aliphatic carbocycles. The highest BCUT2D eigenvalue weighted by atomic mass is 35.5. The van der Waals surface area contributed by atoms with E-state index in [0.717, 1.165) is 16.9 Å². The number of fused-ring (bicyclic) bond motifs is 2. The normalized spacial score (nSPS) is 11.4. The van der Waals surface area contributed by atoms with Gasteiger partial charge in [-0.25, -0.2) is 9.97 Å². The van der Waals surface area contributed by atoms with Gasteiger partial charge >= 0.3 is 0 Å². The first kappa shape index (κ1) is 17.5. The molecule has 1 amide bonds. The summed E-state index contributed by atoms with van der Waals surface area (Å²) in [6.45, 7) is 6.46. The summed E-state index contributed by atoms with van der Waals surface area (Å²) in [6, 6.07) is 7.74. The SMILES string of the molecule is Cc1cc2nc(CCNC(=O)c3c(C)nc4ccc(Cl)cn34)[nH]c2cc1C. The van der Waals surface area contributed by atoms with Gasteiger partial charge in [-0.3, -0.25) is 9.20 Å². The number of aromatic nitrogens is 4. The van der Waals surface area contributed by atoms with Crippen LogP contribution in [0.1, 0.15) is 33.1 Å². The van der Waals surface area contributed by atoms with Gasteiger partial charge in [-0.05, 0) is 56.2 Å². The van der Waals surface area contributed by atoms with Crippen molar-refractivity contribution in [3.05, 3.63) is 63.8 Å². The lowest BCUT2D eigenvalue weighted by Crippen LogP contribution is -2.27. The second-order valence-electron chi connectivity index (χ2n) is 6.76. The largest absolute Gasteiger partial charge is 0.350 e. The number of aryl methyl sites for hydroxylation is 3. The van der Waals surface area contributed by atoms with Gasteiger partial charge < -0.3 is 10.3 Å². The molecule has 0 spiro atoms. The highest BCUT2D eigenvalue weighted by molar-refractivity contribution is 6.30. The Morgan fingerprint density at radius 1 is 1.19 bits per heavy atom. The van der Waals surface area contributed by atoms with Crippen molar-refractivity contribution in [1.82, 2.24) is 24.7 Å². The van der Waals surface area contributed by atoms with Crippen molar-refractivity contribution < 1.29 is 4.79 Å². The lowest BCUT2D eigenvalue weighted by molar-refractivity contribution is 0.0947. The molecule has 0 saturated carbocycles. The molecule has 6 nitrogen and oxygen atoms in total. The fourth-order valence-electron chi connectivity index (χ4n) is 3.23. The number of nitrogens with zero attached hydrogens (tertiary/aromatic N) is 3. The molecule has 0 radical (unpaired) electrons. The highest BCUT2D eigenvalue weighted by Gasteiger charge is 2.16. The summed E-state index contributed by atoms with van der Waals surface area (Å²) in [5.41, 5.74) is 6.29. The molecule has 138 valence electrons. The molecule has 0 atom stereocenters. The molecule has 1 aromatic carbocycles. The minimum absolute atomic E-state index is 0.176. The molecule has 0 bridgehead atoms. The second kappa shape index (κ2) is 6.70. The summed E-state index contributed by atoms with van der Waals surface area (Å²) in [6.07, 6.45) is 2.32. The maximum absolute atomic E-state index is 12.7. The number of carbonyl (C=O) groups excluding carboxylic acids is 1. The predicted octanol–water partition coefficient (Wildman–Crippen LogP) is 3.76. The van der Waals surface area contributed by atoms with Gasteiger partial charge in [-0.1, -0.05) is 11.6 Å². The van der Waals surface area contributed by atoms with E-state index in [1.165, 1.54) is 11.1 Å². The van der Waals surface area contributed by atoms with Gasteiger partial charge in [-0.2, -0.15) is 0 Å². The second-order valence-corrected chi connectivity index (χ2v) is 7.20. The molecule has 0 saturated heterocycles. The zero-order valence-corrected chi connectivity index (χ0v) is 16.2. The summed E-state index contributed by atoms with van der Waals surface area (Å²) < 4.78 is 1.72. The molecule has 27 heavy (non-hydrogen) atoms. The van der Waals surface area contributed by atoms with Crippen LogP contribution in [-0.4, -0.2) is 31.8 Å². The fraction of sp³-hybridized carbons (Fsp3) is 0.250. The van der Waals surface area contributed by atoms with E-state index >= 15 is 0 Å². The van der Waals surface area contributed by atoms with Crippen LogP contribution in [0.5, 0.6) is 0 Å². The number of benzene rings is 1. The van der Waals surface area contributed by atoms with Gasteiger partial charge in [0, 0.05) is 19.2 Å². The minimum Gasteiger partial charge on any atom is -0.350 e. The Bertz CT molecular complexity index is 1140. The number of hydrogen-bond acceptors (Lipinski definition) is 3. The standard InChI is InChI=1S/C20H20ClN5O/c1-11-8-15-16(9-12(11)2)25-17(24-15)6-7-22-20(27)19-13(3)23-18-5-4-14(21)10-26(18)19/h4-5,8-10H,6-7H2,1-3H3,(H,22,27)(H,24,25). The number of halogens is 1. The van der Waals surface area contributed by atoms with E-state index < -0.39 is 0 Å². The van der Waals surface area contributed by atoms with E-state index in [9.17, 15) is 4.79 Å². The molecule has 0 fully saturated rings. The molecular weight excluding hydrogens is 362 g/mol. The van der Waals surface area contributed by atoms with Crippen LogP contribution < -0.4 is 5.32 Å². The van der Waals surface area contributed by atoms with Crippen molar-refractivity contribution >= 4 is 34.2 Å². The third-order valence-electron chi connectivity index (χ3n) is 4.77. The Balaban J connectivity index is 1.49. The maximum atomic E-state index is 12.7. The average Bonchev–Trinajstić information content (AvgIpc) is 3.14. The van der Waals surface area contributed by atoms with Crippen LogP contribution in [0.3, 0.4) is 0 Å². The van der Waals surface area contributed by atoms with E-state index in [0.29, 0.717) is 35.0 Å². The van der Waals surface area contributed by atoms with Gasteiger partial charge in [0.15, 0.2) is 0 Å². The van der Waals surface area contributed by atoms with Crippen LogP contribution >= 0.6 is 11.6 Å². The molecule has 4 rings (SSSR count). The number of nitrogens with one attached hydrogen (secondary N) is 2. The number of amides is 1. The predicted molar refractivity (Wildman–Crippen MR) is 107 cm³/mol. The first-order valence-corrected chi connectivity index (χ1v) is 9.18. The van der Waals surface area contributed by atoms with Gasteiger partial charge in [-0.15, -0.1) is 0 Å². The quantitative estimate of drug-likeness (QED) is 0.565. The Hall–Kier alpha value is -2.86. The Labute approximate surface area is 161 Å². The van der Waals surface area contributed by atoms with Gasteiger partial charge in [0.25, 0.3) is 5.91 Å². The molecule has 0 aliphatic rings. The van der Waals surface area contributed by atoms with Crippen molar-refractivity contribution in [3.63, 3.8) is 0 Å². The van der Waals surface area contributed by atoms with Crippen molar-refractivity contribution in [3.8, 4) is 0 Å². The van der Waals surface area contributed by atoms with Gasteiger partial charge in [0.05, 0.1) is 21.7 Å². The molecule has 0 aliphatic heterocycles. The molecule has 0 unspecified atom stereocenters. The third-order valence-corrected chi connectivity index (χ3v) is 4.99. The van der Waals surface area contributed by atoms with Crippen molar-refractivity contribution in [2.45, 2.75) is 27.2 Å². The minimum atomic E-state index is -0.176. The number of H-pyrrole nitrogens is 1. The van der Waals surface area contributed by atoms with Crippen LogP contribution in [-0.2, 0) is 6.42 Å². The van der Waals surface area contributed by atoms with E-state index in [4.69, 9.17) is 11.6 Å². The van der Waals surface area contributed by atoms with Crippen LogP contribution in [0.4, 0.5) is 0 Å². The van der Waals surface area contributed by atoms with E-state index in [1.807, 2.05) is 6.92 Å². The molecule has 2 N–H and O–H groups in total. The molecule has 3 aromatic heterocycles. The van der Waals surface area contributed by atoms with Crippen molar-refractivity contribution in [2.24, 2.45) is 0 Å². The summed E-state index contributed by atoms with van der Waals surface area (Å²) in [7, 11) is 0. The number of imidazole rings is 2. The Morgan fingerprint density at radius 2 is 1.96 bits per heavy atom. The summed E-state index contributed by atoms with van der Waals surface area (Å²) in [5, 5.41) is 3.51. The number of carbonyl (C=O) groups is 1. The van der Waals surface area contributed by atoms with Gasteiger partial charge in [0.1, 0.15) is 17.2 Å². The van der Waals surface area contributed by atoms with E-state index in [-0.39, 0.29) is 5.91 Å². The van der Waals surface area contributed by atoms with E-state index in [2.05, 4.69) is 46.2 Å². The van der Waals surface area contributed by atoms with Crippen molar-refractivity contribution in [2.75, 3.05) is 6.54 Å². The zero-order chi connectivity index (χ0) is 19.1. The lowest BCUT2D eigenvalue weighted by atomic mass is 10.1. The number of rotatable bonds is 4. The summed E-state index contributed by atoms with van der Waals surface area (Å²) in [4.78, 5) is 25.0. The molecule has 4 aromatic rings. The first-order chi connectivity index (χ1) is 12.9. The number of hydrogen-bond donors (Lipinski definition) is 2. The zero-order valence-electron chi connectivity index (χ0n) is 15.4. The number of pyridine rings is 1. The van der Waals surface area contributed by atoms with Gasteiger partial charge in [0.2, 0.25) is 0 Å². The first-order valence-electron chi connectivity index (χ1n) is 8.80. The third kappa shape index (κ3) is 3.28. The van der Waals surface area contributed by atoms with Crippen LogP contribution in [0.25, 0.3) is 16.7 Å². The smallest absolute Gasteiger partial charge is 0.270 e. The van der Waals surface area contributed by atoms with Crippen LogP contribution in [0.2, 0.25) is 5.02 Å². The Morgan fingerprint density at radius 3 is 2.78 bits per heavy atom. The average molecular weight is 382 g/mol. The monoisotopic (exact) mass is 381 g/mol. The molecular formula is C20H20ClN5O. The Kier molecular flexibility index (Phi) is 4.36. The van der Waals surface area contributed by atoms with Crippen LogP contribution in [0.15, 0.2) is 30.5 Å². The molecule has 3 heterocycles. The topological polar surface area (TPSA) is 75.1 Å². The highest BCUT2D eigenvalue weighted by Crippen LogP contribution is 2.18. The summed E-state index contributed by atoms with van der Waals surface area (Å²) in [5.74, 6) is 0.679. The molecule has 7 heteroatoms. The number of aromatic amines is 1. The van der Waals surface area contributed by atoms with Crippen molar-refractivity contribution in [1.29, 1.82) is 0 Å². The fourth-order valence-corrected chi connectivity index (χ4v) is 3.39. The summed E-state index contributed by atoms with van der Waals surface area (Å²) >= 11 is 6.06. The van der Waals surface area contributed by atoms with Crippen LogP contribution in [0, 0.1) is 20.8 Å².